The van der Waals surface area contributed by atoms with Gasteiger partial charge in [-0.2, -0.15) is 5.10 Å². The smallest absolute Gasteiger partial charge is 0.191 e. The summed E-state index contributed by atoms with van der Waals surface area (Å²) in [5.74, 6) is 0.864. The van der Waals surface area contributed by atoms with Crippen LogP contribution in [0.15, 0.2) is 53.9 Å². The van der Waals surface area contributed by atoms with Gasteiger partial charge in [0, 0.05) is 49.5 Å². The van der Waals surface area contributed by atoms with Gasteiger partial charge in [-0.05, 0) is 43.5 Å². The average Bonchev–Trinajstić information content (AvgIpc) is 3.41. The van der Waals surface area contributed by atoms with E-state index in [1.165, 1.54) is 10.4 Å². The molecule has 1 aromatic carbocycles. The molecule has 0 radical (unpaired) electrons. The van der Waals surface area contributed by atoms with E-state index in [-0.39, 0.29) is 24.0 Å². The molecule has 0 saturated carbocycles. The highest BCUT2D eigenvalue weighted by Gasteiger charge is 2.02. The van der Waals surface area contributed by atoms with E-state index in [0.29, 0.717) is 0 Å². The highest BCUT2D eigenvalue weighted by molar-refractivity contribution is 14.0. The Morgan fingerprint density at radius 1 is 1.14 bits per heavy atom. The van der Waals surface area contributed by atoms with E-state index in [1.807, 2.05) is 23.1 Å². The van der Waals surface area contributed by atoms with Crippen molar-refractivity contribution in [3.05, 3.63) is 64.4 Å². The first-order valence-electron chi connectivity index (χ1n) is 9.83. The van der Waals surface area contributed by atoms with Crippen LogP contribution in [-0.2, 0) is 19.3 Å². The maximum atomic E-state index is 4.67. The quantitative estimate of drug-likeness (QED) is 0.254. The molecule has 2 N–H and O–H groups in total. The number of rotatable bonds is 9. The predicted molar refractivity (Wildman–Crippen MR) is 132 cm³/mol. The van der Waals surface area contributed by atoms with Crippen LogP contribution in [0.25, 0.3) is 5.69 Å². The minimum absolute atomic E-state index is 0. The molecule has 0 aliphatic carbocycles. The number of benzene rings is 1. The molecule has 2 heterocycles. The van der Waals surface area contributed by atoms with Gasteiger partial charge in [-0.1, -0.05) is 19.1 Å². The van der Waals surface area contributed by atoms with Crippen molar-refractivity contribution < 1.29 is 0 Å². The molecular weight excluding hydrogens is 495 g/mol. The van der Waals surface area contributed by atoms with E-state index in [9.17, 15) is 0 Å². The van der Waals surface area contributed by atoms with Gasteiger partial charge in [-0.25, -0.2) is 9.67 Å². The summed E-state index contributed by atoms with van der Waals surface area (Å²) in [5.41, 5.74) is 2.36. The molecule has 0 amide bonds. The zero-order valence-corrected chi connectivity index (χ0v) is 20.1. The van der Waals surface area contributed by atoms with Gasteiger partial charge >= 0.3 is 0 Å². The van der Waals surface area contributed by atoms with Gasteiger partial charge in [-0.15, -0.1) is 35.3 Å². The lowest BCUT2D eigenvalue weighted by molar-refractivity contribution is 0.795. The highest BCUT2D eigenvalue weighted by Crippen LogP contribution is 2.13. The van der Waals surface area contributed by atoms with Gasteiger partial charge in [0.25, 0.3) is 0 Å². The number of guanidine groups is 1. The van der Waals surface area contributed by atoms with Crippen LogP contribution in [0.3, 0.4) is 0 Å². The maximum absolute atomic E-state index is 4.67. The van der Waals surface area contributed by atoms with E-state index in [0.717, 1.165) is 55.6 Å². The fourth-order valence-electron chi connectivity index (χ4n) is 2.79. The number of halogens is 1. The van der Waals surface area contributed by atoms with E-state index in [4.69, 9.17) is 0 Å². The van der Waals surface area contributed by atoms with Gasteiger partial charge in [0.1, 0.15) is 0 Å². The molecule has 156 valence electrons. The topological polar surface area (TPSA) is 67.1 Å². The molecule has 8 heteroatoms. The summed E-state index contributed by atoms with van der Waals surface area (Å²) in [6, 6.07) is 10.4. The molecule has 0 bridgehead atoms. The van der Waals surface area contributed by atoms with Crippen LogP contribution in [0.4, 0.5) is 0 Å². The summed E-state index contributed by atoms with van der Waals surface area (Å²) in [6.07, 6.45) is 8.59. The summed E-state index contributed by atoms with van der Waals surface area (Å²) in [4.78, 5) is 10.5. The first-order chi connectivity index (χ1) is 13.8. The Kier molecular flexibility index (Phi) is 10.1. The van der Waals surface area contributed by atoms with Crippen LogP contribution < -0.4 is 10.6 Å². The Labute approximate surface area is 193 Å². The van der Waals surface area contributed by atoms with Crippen LogP contribution in [0.1, 0.15) is 29.3 Å². The third-order valence-electron chi connectivity index (χ3n) is 4.30. The van der Waals surface area contributed by atoms with Crippen molar-refractivity contribution in [2.75, 3.05) is 19.6 Å². The summed E-state index contributed by atoms with van der Waals surface area (Å²) in [7, 11) is 0. The highest BCUT2D eigenvalue weighted by atomic mass is 127. The second kappa shape index (κ2) is 12.6. The van der Waals surface area contributed by atoms with Crippen molar-refractivity contribution in [3.63, 3.8) is 0 Å². The van der Waals surface area contributed by atoms with Crippen LogP contribution in [0, 0.1) is 0 Å². The van der Waals surface area contributed by atoms with Crippen molar-refractivity contribution in [2.45, 2.75) is 33.1 Å². The molecule has 0 unspecified atom stereocenters. The number of aromatic nitrogens is 3. The number of aryl methyl sites for hydroxylation is 1. The molecule has 0 aliphatic rings. The number of nitrogens with one attached hydrogen (secondary N) is 2. The summed E-state index contributed by atoms with van der Waals surface area (Å²) in [6.45, 7) is 6.67. The molecular formula is C21H29IN6S. The Hall–Kier alpha value is -1.94. The first-order valence-corrected chi connectivity index (χ1v) is 10.6. The minimum atomic E-state index is 0. The molecule has 0 spiro atoms. The number of hydrogen-bond acceptors (Lipinski definition) is 4. The second-order valence-electron chi connectivity index (χ2n) is 6.38. The lowest BCUT2D eigenvalue weighted by Gasteiger charge is -2.11. The number of thiazole rings is 1. The molecule has 0 fully saturated rings. The first kappa shape index (κ1) is 23.3. The number of hydrogen-bond donors (Lipinski definition) is 2. The molecule has 29 heavy (non-hydrogen) atoms. The largest absolute Gasteiger partial charge is 0.357 e. The fourth-order valence-corrected chi connectivity index (χ4v) is 3.65. The van der Waals surface area contributed by atoms with Crippen molar-refractivity contribution in [2.24, 2.45) is 4.99 Å². The lowest BCUT2D eigenvalue weighted by atomic mass is 10.1. The van der Waals surface area contributed by atoms with Crippen molar-refractivity contribution >= 4 is 41.3 Å². The van der Waals surface area contributed by atoms with Crippen LogP contribution in [-0.4, -0.2) is 40.4 Å². The van der Waals surface area contributed by atoms with Gasteiger partial charge in [0.05, 0.1) is 10.7 Å². The number of nitrogens with zero attached hydrogens (tertiary/aromatic N) is 4. The van der Waals surface area contributed by atoms with E-state index in [2.05, 4.69) is 63.8 Å². The van der Waals surface area contributed by atoms with E-state index in [1.54, 1.807) is 17.5 Å². The Balaban J connectivity index is 0.00000300. The predicted octanol–water partition coefficient (Wildman–Crippen LogP) is 3.85. The standard InChI is InChI=1S/C21H28N6S.HI/c1-3-19-16-25-20(28-19)11-14-24-21(22-4-2)23-13-10-17-6-8-18(9-7-17)27-15-5-12-26-27;/h5-9,12,15-16H,3-4,10-11,13-14H2,1-2H3,(H2,22,23,24);1H. The van der Waals surface area contributed by atoms with Gasteiger partial charge in [0.2, 0.25) is 0 Å². The van der Waals surface area contributed by atoms with Crippen molar-refractivity contribution in [3.8, 4) is 5.69 Å². The lowest BCUT2D eigenvalue weighted by Crippen LogP contribution is -2.38. The zero-order valence-electron chi connectivity index (χ0n) is 17.0. The second-order valence-corrected chi connectivity index (χ2v) is 7.58. The Bertz CT molecular complexity index is 858. The third kappa shape index (κ3) is 7.43. The normalized spacial score (nSPS) is 11.2. The molecule has 3 aromatic rings. The average molecular weight is 524 g/mol. The SMILES string of the molecule is CCNC(=NCCc1ncc(CC)s1)NCCc1ccc(-n2cccn2)cc1.I. The monoisotopic (exact) mass is 524 g/mol. The summed E-state index contributed by atoms with van der Waals surface area (Å²) >= 11 is 1.79. The van der Waals surface area contributed by atoms with E-state index < -0.39 is 0 Å². The third-order valence-corrected chi connectivity index (χ3v) is 5.50. The molecule has 3 rings (SSSR count). The molecule has 0 atom stereocenters. The van der Waals surface area contributed by atoms with Crippen LogP contribution >= 0.6 is 35.3 Å². The van der Waals surface area contributed by atoms with Crippen molar-refractivity contribution in [1.29, 1.82) is 0 Å². The summed E-state index contributed by atoms with van der Waals surface area (Å²) < 4.78 is 1.86. The van der Waals surface area contributed by atoms with Gasteiger partial charge in [-0.3, -0.25) is 4.99 Å². The van der Waals surface area contributed by atoms with E-state index >= 15 is 0 Å². The molecule has 0 saturated heterocycles. The Morgan fingerprint density at radius 2 is 1.97 bits per heavy atom. The minimum Gasteiger partial charge on any atom is -0.357 e. The fraction of sp³-hybridized carbons (Fsp3) is 0.381. The Morgan fingerprint density at radius 3 is 2.62 bits per heavy atom. The van der Waals surface area contributed by atoms with Crippen LogP contribution in [0.5, 0.6) is 0 Å². The van der Waals surface area contributed by atoms with Gasteiger partial charge in [0.15, 0.2) is 5.96 Å². The van der Waals surface area contributed by atoms with Gasteiger partial charge < -0.3 is 10.6 Å². The maximum Gasteiger partial charge on any atom is 0.191 e. The summed E-state index contributed by atoms with van der Waals surface area (Å²) in [5, 5.41) is 12.1. The van der Waals surface area contributed by atoms with Crippen molar-refractivity contribution in [1.82, 2.24) is 25.4 Å². The number of aliphatic imine (C=N–C) groups is 1. The molecule has 2 aromatic heterocycles. The molecule has 6 nitrogen and oxygen atoms in total. The zero-order chi connectivity index (χ0) is 19.6. The van der Waals surface area contributed by atoms with Crippen LogP contribution in [0.2, 0.25) is 0 Å². The molecule has 0 aliphatic heterocycles.